The van der Waals surface area contributed by atoms with Crippen LogP contribution in [0.5, 0.6) is 16.7 Å². The van der Waals surface area contributed by atoms with Crippen molar-refractivity contribution in [2.75, 3.05) is 20.2 Å². The molecule has 0 unspecified atom stereocenters. The summed E-state index contributed by atoms with van der Waals surface area (Å²) in [4.78, 5) is 19.6. The molecule has 184 valence electrons. The van der Waals surface area contributed by atoms with Crippen LogP contribution in [0, 0.1) is 5.92 Å². The number of carbonyl (C=O) groups excluding carboxylic acids is 1. The monoisotopic (exact) mass is 499 g/mol. The smallest absolute Gasteiger partial charge is 0.298 e. The van der Waals surface area contributed by atoms with Crippen LogP contribution >= 0.6 is 11.5 Å². The molecule has 0 spiro atoms. The molecule has 5 rings (SSSR count). The highest BCUT2D eigenvalue weighted by atomic mass is 32.1. The molecule has 0 saturated carbocycles. The third-order valence-electron chi connectivity index (χ3n) is 6.50. The van der Waals surface area contributed by atoms with Crippen molar-refractivity contribution in [1.82, 2.24) is 14.3 Å². The van der Waals surface area contributed by atoms with Gasteiger partial charge in [0.15, 0.2) is 5.82 Å². The van der Waals surface area contributed by atoms with E-state index in [1.165, 1.54) is 17.1 Å². The first-order chi connectivity index (χ1) is 17.7. The van der Waals surface area contributed by atoms with Gasteiger partial charge in [-0.15, -0.1) is 0 Å². The average molecular weight is 500 g/mol. The fourth-order valence-electron chi connectivity index (χ4n) is 4.58. The Morgan fingerprint density at radius 2 is 1.69 bits per heavy atom. The lowest BCUT2D eigenvalue weighted by Crippen LogP contribution is -2.38. The number of likely N-dealkylation sites (tertiary alicyclic amines) is 1. The zero-order chi connectivity index (χ0) is 24.7. The highest BCUT2D eigenvalue weighted by molar-refractivity contribution is 7.07. The fraction of sp³-hybridized carbons (Fsp3) is 0.276. The summed E-state index contributed by atoms with van der Waals surface area (Å²) >= 11 is 1.21. The molecular formula is C29H29N3O3S. The van der Waals surface area contributed by atoms with E-state index in [1.807, 2.05) is 47.4 Å². The van der Waals surface area contributed by atoms with Crippen molar-refractivity contribution in [2.24, 2.45) is 5.92 Å². The van der Waals surface area contributed by atoms with Crippen molar-refractivity contribution in [3.05, 3.63) is 101 Å². The number of benzene rings is 3. The van der Waals surface area contributed by atoms with Crippen LogP contribution in [0.3, 0.4) is 0 Å². The minimum Gasteiger partial charge on any atom is -0.497 e. The maximum Gasteiger partial charge on any atom is 0.298 e. The molecule has 1 saturated heterocycles. The third kappa shape index (κ3) is 6.10. The predicted octanol–water partition coefficient (Wildman–Crippen LogP) is 6.02. The number of carbonyl (C=O) groups is 1. The first-order valence-electron chi connectivity index (χ1n) is 12.2. The van der Waals surface area contributed by atoms with E-state index in [9.17, 15) is 4.79 Å². The van der Waals surface area contributed by atoms with E-state index >= 15 is 0 Å². The van der Waals surface area contributed by atoms with E-state index in [-0.39, 0.29) is 5.91 Å². The van der Waals surface area contributed by atoms with Crippen LogP contribution in [-0.4, -0.2) is 40.4 Å². The SMILES string of the molecule is COc1cccc(Cc2nsc(Oc3cccc(C(=O)N4CCC(Cc5ccccc5)CC4)c3)n2)c1. The summed E-state index contributed by atoms with van der Waals surface area (Å²) in [5, 5.41) is 0.458. The molecule has 1 aromatic heterocycles. The first-order valence-corrected chi connectivity index (χ1v) is 13.0. The molecule has 0 aliphatic carbocycles. The lowest BCUT2D eigenvalue weighted by molar-refractivity contribution is 0.0690. The number of amides is 1. The number of hydrogen-bond donors (Lipinski definition) is 0. The minimum atomic E-state index is 0.0505. The van der Waals surface area contributed by atoms with Gasteiger partial charge in [-0.25, -0.2) is 0 Å². The lowest BCUT2D eigenvalue weighted by atomic mass is 9.90. The van der Waals surface area contributed by atoms with Gasteiger partial charge in [-0.2, -0.15) is 9.36 Å². The zero-order valence-corrected chi connectivity index (χ0v) is 21.1. The second-order valence-electron chi connectivity index (χ2n) is 9.06. The van der Waals surface area contributed by atoms with Gasteiger partial charge in [0.2, 0.25) is 0 Å². The van der Waals surface area contributed by atoms with Crippen molar-refractivity contribution in [3.8, 4) is 16.7 Å². The standard InChI is InChI=1S/C29H29N3O3S/c1-34-25-11-5-9-23(18-25)19-27-30-29(36-31-27)35-26-12-6-10-24(20-26)28(33)32-15-13-22(14-16-32)17-21-7-3-2-4-8-21/h2-12,18,20,22H,13-17,19H2,1H3. The van der Waals surface area contributed by atoms with E-state index in [0.717, 1.165) is 43.7 Å². The number of aromatic nitrogens is 2. The Balaban J connectivity index is 1.17. The van der Waals surface area contributed by atoms with Crippen LogP contribution in [0.15, 0.2) is 78.9 Å². The highest BCUT2D eigenvalue weighted by Crippen LogP contribution is 2.27. The Hall–Kier alpha value is -3.71. The molecule has 1 aliphatic heterocycles. The quantitative estimate of drug-likeness (QED) is 0.296. The molecule has 2 heterocycles. The van der Waals surface area contributed by atoms with Gasteiger partial charge in [-0.3, -0.25) is 4.79 Å². The van der Waals surface area contributed by atoms with Crippen molar-refractivity contribution >= 4 is 17.4 Å². The molecule has 1 aliphatic rings. The Kier molecular flexibility index (Phi) is 7.57. The van der Waals surface area contributed by atoms with Crippen molar-refractivity contribution in [2.45, 2.75) is 25.7 Å². The fourth-order valence-corrected chi connectivity index (χ4v) is 5.15. The molecule has 1 fully saturated rings. The number of methoxy groups -OCH3 is 1. The molecule has 0 N–H and O–H groups in total. The number of ether oxygens (including phenoxy) is 2. The van der Waals surface area contributed by atoms with Gasteiger partial charge in [0.05, 0.1) is 7.11 Å². The maximum absolute atomic E-state index is 13.2. The number of nitrogens with zero attached hydrogens (tertiary/aromatic N) is 3. The largest absolute Gasteiger partial charge is 0.497 e. The molecule has 6 nitrogen and oxygen atoms in total. The summed E-state index contributed by atoms with van der Waals surface area (Å²) < 4.78 is 15.7. The highest BCUT2D eigenvalue weighted by Gasteiger charge is 2.24. The molecule has 0 atom stereocenters. The van der Waals surface area contributed by atoms with Crippen LogP contribution in [0.2, 0.25) is 0 Å². The van der Waals surface area contributed by atoms with Crippen molar-refractivity contribution in [1.29, 1.82) is 0 Å². The van der Waals surface area contributed by atoms with Gasteiger partial charge in [-0.05, 0) is 66.6 Å². The van der Waals surface area contributed by atoms with Gasteiger partial charge in [-0.1, -0.05) is 48.5 Å². The molecular weight excluding hydrogens is 470 g/mol. The van der Waals surface area contributed by atoms with Gasteiger partial charge >= 0.3 is 0 Å². The summed E-state index contributed by atoms with van der Waals surface area (Å²) in [6.07, 6.45) is 3.72. The zero-order valence-electron chi connectivity index (χ0n) is 20.3. The van der Waals surface area contributed by atoms with E-state index < -0.39 is 0 Å². The predicted molar refractivity (Wildman–Crippen MR) is 141 cm³/mol. The van der Waals surface area contributed by atoms with Crippen LogP contribution in [-0.2, 0) is 12.8 Å². The normalized spacial score (nSPS) is 14.0. The molecule has 4 aromatic rings. The average Bonchev–Trinajstić information content (AvgIpc) is 3.36. The lowest BCUT2D eigenvalue weighted by Gasteiger charge is -2.32. The van der Waals surface area contributed by atoms with Crippen LogP contribution in [0.4, 0.5) is 0 Å². The molecule has 36 heavy (non-hydrogen) atoms. The topological polar surface area (TPSA) is 64.6 Å². The molecule has 0 radical (unpaired) electrons. The minimum absolute atomic E-state index is 0.0505. The number of rotatable bonds is 8. The van der Waals surface area contributed by atoms with Gasteiger partial charge in [0.25, 0.3) is 11.1 Å². The first kappa shape index (κ1) is 24.0. The van der Waals surface area contributed by atoms with E-state index in [4.69, 9.17) is 9.47 Å². The Labute approximate surface area is 215 Å². The maximum atomic E-state index is 13.2. The van der Waals surface area contributed by atoms with Crippen molar-refractivity contribution in [3.63, 3.8) is 0 Å². The summed E-state index contributed by atoms with van der Waals surface area (Å²) in [6.45, 7) is 1.57. The summed E-state index contributed by atoms with van der Waals surface area (Å²) in [6, 6.07) is 25.8. The summed E-state index contributed by atoms with van der Waals surface area (Å²) in [7, 11) is 1.65. The van der Waals surface area contributed by atoms with E-state index in [2.05, 4.69) is 39.7 Å². The number of piperidine rings is 1. The van der Waals surface area contributed by atoms with Crippen molar-refractivity contribution < 1.29 is 14.3 Å². The molecule has 0 bridgehead atoms. The van der Waals surface area contributed by atoms with Gasteiger partial charge < -0.3 is 14.4 Å². The number of hydrogen-bond acceptors (Lipinski definition) is 6. The van der Waals surface area contributed by atoms with E-state index in [1.54, 1.807) is 13.2 Å². The van der Waals surface area contributed by atoms with Crippen LogP contribution < -0.4 is 9.47 Å². The molecule has 3 aromatic carbocycles. The molecule has 1 amide bonds. The second-order valence-corrected chi connectivity index (χ2v) is 9.77. The van der Waals surface area contributed by atoms with Gasteiger partial charge in [0, 0.05) is 36.6 Å². The third-order valence-corrected chi connectivity index (χ3v) is 7.13. The molecule has 7 heteroatoms. The Morgan fingerprint density at radius 3 is 2.50 bits per heavy atom. The van der Waals surface area contributed by atoms with Crippen LogP contribution in [0.1, 0.15) is 40.2 Å². The van der Waals surface area contributed by atoms with Crippen LogP contribution in [0.25, 0.3) is 0 Å². The summed E-state index contributed by atoms with van der Waals surface area (Å²) in [5.74, 6) is 2.75. The van der Waals surface area contributed by atoms with E-state index in [0.29, 0.717) is 34.7 Å². The summed E-state index contributed by atoms with van der Waals surface area (Å²) in [5.41, 5.74) is 3.07. The second kappa shape index (κ2) is 11.4. The Bertz CT molecular complexity index is 1300. The van der Waals surface area contributed by atoms with Gasteiger partial charge in [0.1, 0.15) is 11.5 Å². The Morgan fingerprint density at radius 1 is 0.944 bits per heavy atom.